The number of hydrogen-bond donors (Lipinski definition) is 1. The molecule has 0 radical (unpaired) electrons. The molecule has 0 N–H and O–H groups in total. The zero-order chi connectivity index (χ0) is 23.9. The van der Waals surface area contributed by atoms with Crippen LogP contribution in [0.1, 0.15) is 40.1 Å². The van der Waals surface area contributed by atoms with Crippen molar-refractivity contribution in [2.24, 2.45) is 0 Å². The molecule has 2 rings (SSSR count). The van der Waals surface area contributed by atoms with Crippen LogP contribution in [0.5, 0.6) is 5.75 Å². The second-order valence-corrected chi connectivity index (χ2v) is 6.29. The van der Waals surface area contributed by atoms with Crippen molar-refractivity contribution in [3.05, 3.63) is 65.2 Å². The Bertz CT molecular complexity index is 893. The summed E-state index contributed by atoms with van der Waals surface area (Å²) in [4.78, 5) is 27.7. The van der Waals surface area contributed by atoms with Crippen LogP contribution in [0.2, 0.25) is 0 Å². The molecule has 7 nitrogen and oxygen atoms in total. The molecule has 0 unspecified atom stereocenters. The van der Waals surface area contributed by atoms with E-state index in [0.717, 1.165) is 0 Å². The number of ether oxygens (including phenoxy) is 3. The van der Waals surface area contributed by atoms with Gasteiger partial charge in [-0.15, -0.1) is 0 Å². The SMILES string of the molecule is CCOC(CN(CC#N)C(=O)c1ccc(OC)cc1C(=O)c1ccccc1)OCC.CS. The van der Waals surface area contributed by atoms with E-state index in [-0.39, 0.29) is 30.0 Å². The minimum absolute atomic E-state index is 0.0685. The fraction of sp³-hybridized carbons (Fsp3) is 0.375. The average molecular weight is 459 g/mol. The van der Waals surface area contributed by atoms with Crippen LogP contribution in [0, 0.1) is 11.3 Å². The number of amides is 1. The van der Waals surface area contributed by atoms with Gasteiger partial charge in [-0.3, -0.25) is 9.59 Å². The molecule has 0 fully saturated rings. The van der Waals surface area contributed by atoms with Gasteiger partial charge in [0.15, 0.2) is 12.1 Å². The normalized spacial score (nSPS) is 10.0. The lowest BCUT2D eigenvalue weighted by Crippen LogP contribution is -2.40. The van der Waals surface area contributed by atoms with Gasteiger partial charge in [0.1, 0.15) is 12.3 Å². The molecule has 0 aliphatic rings. The number of nitrogens with zero attached hydrogens (tertiary/aromatic N) is 2. The Hall–Kier alpha value is -2.86. The first-order chi connectivity index (χ1) is 15.5. The van der Waals surface area contributed by atoms with Crippen LogP contribution in [0.15, 0.2) is 48.5 Å². The number of nitriles is 1. The Morgan fingerprint density at radius 1 is 1.03 bits per heavy atom. The van der Waals surface area contributed by atoms with Crippen molar-refractivity contribution in [1.29, 1.82) is 5.26 Å². The molecule has 0 heterocycles. The number of benzene rings is 2. The summed E-state index contributed by atoms with van der Waals surface area (Å²) in [5.41, 5.74) is 0.845. The summed E-state index contributed by atoms with van der Waals surface area (Å²) in [5.74, 6) is -0.303. The zero-order valence-electron chi connectivity index (χ0n) is 18.9. The first-order valence-electron chi connectivity index (χ1n) is 10.2. The molecular formula is C24H30N2O5S. The standard InChI is InChI=1S/C23H26N2O5.CH4S/c1-4-29-21(30-5-2)16-25(14-13-24)23(27)19-12-11-18(28-3)15-20(19)22(26)17-9-7-6-8-10-17;1-2/h6-12,15,21H,4-5,14,16H2,1-3H3;2H,1H3. The van der Waals surface area contributed by atoms with Crippen LogP contribution >= 0.6 is 12.6 Å². The molecule has 2 aromatic rings. The number of carbonyl (C=O) groups excluding carboxylic acids is 2. The lowest BCUT2D eigenvalue weighted by molar-refractivity contribution is -0.142. The number of rotatable bonds is 11. The molecular weight excluding hydrogens is 428 g/mol. The Morgan fingerprint density at radius 2 is 1.66 bits per heavy atom. The predicted molar refractivity (Wildman–Crippen MR) is 126 cm³/mol. The van der Waals surface area contributed by atoms with E-state index < -0.39 is 12.2 Å². The smallest absolute Gasteiger partial charge is 0.255 e. The van der Waals surface area contributed by atoms with Crippen molar-refractivity contribution in [2.75, 3.05) is 39.7 Å². The average Bonchev–Trinajstić information content (AvgIpc) is 2.84. The van der Waals surface area contributed by atoms with Crippen LogP contribution in [0.3, 0.4) is 0 Å². The van der Waals surface area contributed by atoms with Gasteiger partial charge in [0, 0.05) is 24.3 Å². The molecule has 0 aliphatic heterocycles. The van der Waals surface area contributed by atoms with Crippen LogP contribution in [-0.4, -0.2) is 62.5 Å². The fourth-order valence-electron chi connectivity index (χ4n) is 2.95. The Kier molecular flexibility index (Phi) is 12.8. The minimum Gasteiger partial charge on any atom is -0.497 e. The maximum Gasteiger partial charge on any atom is 0.255 e. The van der Waals surface area contributed by atoms with E-state index in [0.29, 0.717) is 24.5 Å². The summed E-state index contributed by atoms with van der Waals surface area (Å²) >= 11 is 3.53. The van der Waals surface area contributed by atoms with E-state index in [1.807, 2.05) is 26.0 Å². The highest BCUT2D eigenvalue weighted by Crippen LogP contribution is 2.23. The lowest BCUT2D eigenvalue weighted by Gasteiger charge is -2.26. The van der Waals surface area contributed by atoms with Gasteiger partial charge in [-0.05, 0) is 38.3 Å². The van der Waals surface area contributed by atoms with Gasteiger partial charge >= 0.3 is 0 Å². The van der Waals surface area contributed by atoms with Crippen molar-refractivity contribution in [2.45, 2.75) is 20.1 Å². The number of carbonyl (C=O) groups is 2. The van der Waals surface area contributed by atoms with Gasteiger partial charge in [-0.1, -0.05) is 30.3 Å². The Morgan fingerprint density at radius 3 is 2.19 bits per heavy atom. The third-order valence-corrected chi connectivity index (χ3v) is 4.36. The van der Waals surface area contributed by atoms with Gasteiger partial charge < -0.3 is 19.1 Å². The molecule has 0 bridgehead atoms. The van der Waals surface area contributed by atoms with E-state index >= 15 is 0 Å². The molecule has 0 atom stereocenters. The molecule has 0 saturated heterocycles. The monoisotopic (exact) mass is 458 g/mol. The molecule has 0 aliphatic carbocycles. The van der Waals surface area contributed by atoms with Crippen molar-refractivity contribution in [3.8, 4) is 11.8 Å². The summed E-state index contributed by atoms with van der Waals surface area (Å²) < 4.78 is 16.3. The second kappa shape index (κ2) is 15.0. The van der Waals surface area contributed by atoms with E-state index in [9.17, 15) is 14.9 Å². The second-order valence-electron chi connectivity index (χ2n) is 6.29. The van der Waals surface area contributed by atoms with Gasteiger partial charge in [-0.2, -0.15) is 17.9 Å². The number of thiol groups is 1. The molecule has 0 saturated carbocycles. The van der Waals surface area contributed by atoms with E-state index in [2.05, 4.69) is 12.6 Å². The largest absolute Gasteiger partial charge is 0.497 e. The van der Waals surface area contributed by atoms with Gasteiger partial charge in [0.05, 0.1) is 25.3 Å². The lowest BCUT2D eigenvalue weighted by atomic mass is 9.97. The topological polar surface area (TPSA) is 88.9 Å². The Labute approximate surface area is 195 Å². The van der Waals surface area contributed by atoms with Crippen molar-refractivity contribution >= 4 is 24.3 Å². The highest BCUT2D eigenvalue weighted by atomic mass is 32.1. The molecule has 8 heteroatoms. The maximum absolute atomic E-state index is 13.3. The van der Waals surface area contributed by atoms with Crippen LogP contribution < -0.4 is 4.74 Å². The molecule has 32 heavy (non-hydrogen) atoms. The van der Waals surface area contributed by atoms with E-state index in [1.165, 1.54) is 24.1 Å². The summed E-state index contributed by atoms with van der Waals surface area (Å²) in [7, 11) is 1.49. The van der Waals surface area contributed by atoms with Crippen molar-refractivity contribution < 1.29 is 23.8 Å². The van der Waals surface area contributed by atoms with Gasteiger partial charge in [0.25, 0.3) is 5.91 Å². The quantitative estimate of drug-likeness (QED) is 0.238. The van der Waals surface area contributed by atoms with Gasteiger partial charge in [0.2, 0.25) is 0 Å². The third kappa shape index (κ3) is 7.68. The number of hydrogen-bond acceptors (Lipinski definition) is 7. The summed E-state index contributed by atoms with van der Waals surface area (Å²) in [6, 6.07) is 15.4. The maximum atomic E-state index is 13.3. The van der Waals surface area contributed by atoms with Gasteiger partial charge in [-0.25, -0.2) is 0 Å². The summed E-state index contributed by atoms with van der Waals surface area (Å²) in [6.45, 7) is 4.35. The highest BCUT2D eigenvalue weighted by Gasteiger charge is 2.26. The van der Waals surface area contributed by atoms with E-state index in [4.69, 9.17) is 14.2 Å². The Balaban J connectivity index is 0.00000249. The van der Waals surface area contributed by atoms with Crippen LogP contribution in [0.4, 0.5) is 0 Å². The fourth-order valence-corrected chi connectivity index (χ4v) is 2.95. The molecule has 0 spiro atoms. The number of ketones is 1. The molecule has 2 aromatic carbocycles. The van der Waals surface area contributed by atoms with Crippen LogP contribution in [-0.2, 0) is 9.47 Å². The first-order valence-corrected chi connectivity index (χ1v) is 11.1. The van der Waals surface area contributed by atoms with Crippen molar-refractivity contribution in [1.82, 2.24) is 4.90 Å². The predicted octanol–water partition coefficient (Wildman–Crippen LogP) is 3.84. The highest BCUT2D eigenvalue weighted by molar-refractivity contribution is 7.79. The van der Waals surface area contributed by atoms with Crippen molar-refractivity contribution in [3.63, 3.8) is 0 Å². The summed E-state index contributed by atoms with van der Waals surface area (Å²) in [6.07, 6.45) is 1.03. The van der Waals surface area contributed by atoms with Crippen LogP contribution in [0.25, 0.3) is 0 Å². The first kappa shape index (κ1) is 27.2. The molecule has 1 amide bonds. The molecule has 0 aromatic heterocycles. The van der Waals surface area contributed by atoms with E-state index in [1.54, 1.807) is 36.6 Å². The number of methoxy groups -OCH3 is 1. The third-order valence-electron chi connectivity index (χ3n) is 4.36. The molecule has 172 valence electrons. The summed E-state index contributed by atoms with van der Waals surface area (Å²) in [5, 5.41) is 9.23. The zero-order valence-corrected chi connectivity index (χ0v) is 19.8. The minimum atomic E-state index is -0.663.